The van der Waals surface area contributed by atoms with Crippen molar-refractivity contribution in [3.8, 4) is 23.0 Å². The van der Waals surface area contributed by atoms with E-state index in [1.54, 1.807) is 70.8 Å². The first kappa shape index (κ1) is 26.1. The summed E-state index contributed by atoms with van der Waals surface area (Å²) in [7, 11) is 8.00. The van der Waals surface area contributed by atoms with E-state index in [4.69, 9.17) is 18.9 Å². The van der Waals surface area contributed by atoms with Crippen molar-refractivity contribution >= 4 is 60.3 Å². The Morgan fingerprint density at radius 3 is 2.62 bits per heavy atom. The molecule has 12 heteroatoms. The second-order valence-corrected chi connectivity index (χ2v) is 11.5. The molecule has 0 fully saturated rings. The summed E-state index contributed by atoms with van der Waals surface area (Å²) in [6.07, 6.45) is 2.91. The molecule has 40 heavy (non-hydrogen) atoms. The number of hydrogen-bond donors (Lipinski definition) is 0. The maximum atomic E-state index is 13.6. The molecular weight excluding hydrogens is 552 g/mol. The monoisotopic (exact) mass is 576 g/mol. The molecule has 6 rings (SSSR count). The van der Waals surface area contributed by atoms with Gasteiger partial charge in [0.1, 0.15) is 5.03 Å². The number of aryl methyl sites for hydroxylation is 1. The van der Waals surface area contributed by atoms with E-state index in [9.17, 15) is 9.59 Å². The number of carbonyl (C=O) groups excluding carboxylic acids is 1. The standard InChI is InChI=1S/C28H24N4O6S2/c1-31(8-9-39-40-25-6-4-5-7-29-25)28(34)38-24-11-17-16(10-21(24)35-3)19-14-30-20-13-23-22(36-15-37-23)12-18(20)26(19)32(2)27(17)33/h4-7,10-14H,8-9,15H2,1-3H3. The summed E-state index contributed by atoms with van der Waals surface area (Å²) in [4.78, 5) is 36.8. The minimum absolute atomic E-state index is 0.141. The van der Waals surface area contributed by atoms with E-state index < -0.39 is 6.09 Å². The largest absolute Gasteiger partial charge is 0.493 e. The first-order chi connectivity index (χ1) is 19.4. The van der Waals surface area contributed by atoms with Gasteiger partial charge in [-0.1, -0.05) is 16.9 Å². The van der Waals surface area contributed by atoms with Crippen molar-refractivity contribution in [2.75, 3.05) is 33.2 Å². The Kier molecular flexibility index (Phi) is 7.03. The number of ether oxygens (including phenoxy) is 4. The van der Waals surface area contributed by atoms with Crippen molar-refractivity contribution in [3.05, 3.63) is 65.2 Å². The quantitative estimate of drug-likeness (QED) is 0.145. The molecule has 0 N–H and O–H groups in total. The van der Waals surface area contributed by atoms with Gasteiger partial charge in [0.05, 0.1) is 23.5 Å². The average Bonchev–Trinajstić information content (AvgIpc) is 3.44. The summed E-state index contributed by atoms with van der Waals surface area (Å²) in [6, 6.07) is 12.6. The molecule has 4 heterocycles. The highest BCUT2D eigenvalue weighted by Gasteiger charge is 2.21. The zero-order chi connectivity index (χ0) is 27.8. The van der Waals surface area contributed by atoms with Gasteiger partial charge in [-0.3, -0.25) is 9.78 Å². The minimum atomic E-state index is -0.553. The van der Waals surface area contributed by atoms with Gasteiger partial charge in [0.2, 0.25) is 6.79 Å². The number of nitrogens with zero attached hydrogens (tertiary/aromatic N) is 4. The first-order valence-electron chi connectivity index (χ1n) is 12.3. The smallest absolute Gasteiger partial charge is 0.415 e. The molecule has 2 aromatic carbocycles. The van der Waals surface area contributed by atoms with E-state index in [0.717, 1.165) is 15.8 Å². The lowest BCUT2D eigenvalue weighted by Crippen LogP contribution is -2.31. The fraction of sp³-hybridized carbons (Fsp3) is 0.214. The Morgan fingerprint density at radius 2 is 1.85 bits per heavy atom. The number of amides is 1. The second-order valence-electron chi connectivity index (χ2n) is 9.02. The number of methoxy groups -OCH3 is 1. The Labute approximate surface area is 236 Å². The van der Waals surface area contributed by atoms with E-state index in [0.29, 0.717) is 51.4 Å². The van der Waals surface area contributed by atoms with E-state index in [1.807, 2.05) is 24.3 Å². The average molecular weight is 577 g/mol. The lowest BCUT2D eigenvalue weighted by atomic mass is 10.0. The van der Waals surface area contributed by atoms with Gasteiger partial charge in [0, 0.05) is 61.0 Å². The number of fused-ring (bicyclic) bond motifs is 6. The second kappa shape index (κ2) is 10.8. The van der Waals surface area contributed by atoms with Gasteiger partial charge in [0.25, 0.3) is 5.56 Å². The third-order valence-electron chi connectivity index (χ3n) is 6.60. The predicted molar refractivity (Wildman–Crippen MR) is 156 cm³/mol. The van der Waals surface area contributed by atoms with Crippen LogP contribution >= 0.6 is 21.6 Å². The minimum Gasteiger partial charge on any atom is -0.493 e. The van der Waals surface area contributed by atoms with Crippen LogP contribution in [0.1, 0.15) is 0 Å². The molecule has 3 aromatic heterocycles. The van der Waals surface area contributed by atoms with Crippen LogP contribution < -0.4 is 24.5 Å². The fourth-order valence-corrected chi connectivity index (χ4v) is 6.47. The third kappa shape index (κ3) is 4.73. The zero-order valence-corrected chi connectivity index (χ0v) is 23.5. The molecule has 0 radical (unpaired) electrons. The van der Waals surface area contributed by atoms with Gasteiger partial charge in [-0.2, -0.15) is 0 Å². The van der Waals surface area contributed by atoms with Crippen LogP contribution in [-0.2, 0) is 7.05 Å². The van der Waals surface area contributed by atoms with Crippen LogP contribution in [0.5, 0.6) is 23.0 Å². The van der Waals surface area contributed by atoms with Crippen LogP contribution in [0.2, 0.25) is 0 Å². The summed E-state index contributed by atoms with van der Waals surface area (Å²) in [5.74, 6) is 2.39. The molecule has 1 aliphatic rings. The molecule has 0 spiro atoms. The highest BCUT2D eigenvalue weighted by molar-refractivity contribution is 8.76. The van der Waals surface area contributed by atoms with Gasteiger partial charge < -0.3 is 28.4 Å². The molecule has 0 aliphatic carbocycles. The molecular formula is C28H24N4O6S2. The van der Waals surface area contributed by atoms with Crippen LogP contribution in [0.3, 0.4) is 0 Å². The number of carbonyl (C=O) groups is 1. The Morgan fingerprint density at radius 1 is 1.05 bits per heavy atom. The number of pyridine rings is 3. The van der Waals surface area contributed by atoms with E-state index in [-0.39, 0.29) is 18.1 Å². The maximum absolute atomic E-state index is 13.6. The summed E-state index contributed by atoms with van der Waals surface area (Å²) in [6.45, 7) is 0.602. The molecule has 1 aliphatic heterocycles. The van der Waals surface area contributed by atoms with Crippen molar-refractivity contribution in [1.29, 1.82) is 0 Å². The first-order valence-corrected chi connectivity index (χ1v) is 14.6. The zero-order valence-electron chi connectivity index (χ0n) is 21.9. The molecule has 0 atom stereocenters. The lowest BCUT2D eigenvalue weighted by molar-refractivity contribution is 0.164. The van der Waals surface area contributed by atoms with Gasteiger partial charge in [-0.25, -0.2) is 9.78 Å². The van der Waals surface area contributed by atoms with Crippen molar-refractivity contribution in [3.63, 3.8) is 0 Å². The number of hydrogen-bond acceptors (Lipinski definition) is 10. The fourth-order valence-electron chi connectivity index (χ4n) is 4.54. The molecule has 1 amide bonds. The number of benzene rings is 2. The highest BCUT2D eigenvalue weighted by atomic mass is 33.1. The number of rotatable bonds is 7. The van der Waals surface area contributed by atoms with Gasteiger partial charge >= 0.3 is 6.09 Å². The molecule has 0 saturated heterocycles. The van der Waals surface area contributed by atoms with Gasteiger partial charge in [-0.05, 0) is 41.1 Å². The van der Waals surface area contributed by atoms with Crippen molar-refractivity contribution < 1.29 is 23.7 Å². The SMILES string of the molecule is COc1cc2c(cc1OC(=O)N(C)CCSSc1ccccn1)c(=O)n(C)c1c3cc4c(cc3ncc21)OCO4. The summed E-state index contributed by atoms with van der Waals surface area (Å²) in [5.41, 5.74) is 1.14. The molecule has 5 aromatic rings. The van der Waals surface area contributed by atoms with Gasteiger partial charge in [0.15, 0.2) is 23.0 Å². The lowest BCUT2D eigenvalue weighted by Gasteiger charge is -2.18. The van der Waals surface area contributed by atoms with Crippen LogP contribution in [0.25, 0.3) is 32.6 Å². The molecule has 0 unspecified atom stereocenters. The summed E-state index contributed by atoms with van der Waals surface area (Å²) in [5, 5.41) is 3.43. The Bertz CT molecular complexity index is 1830. The topological polar surface area (TPSA) is 105 Å². The van der Waals surface area contributed by atoms with Crippen LogP contribution in [0, 0.1) is 0 Å². The Hall–Kier alpha value is -4.16. The molecule has 0 saturated carbocycles. The van der Waals surface area contributed by atoms with E-state index in [1.165, 1.54) is 12.0 Å². The van der Waals surface area contributed by atoms with Crippen LogP contribution in [0.15, 0.2) is 64.7 Å². The maximum Gasteiger partial charge on any atom is 0.415 e. The summed E-state index contributed by atoms with van der Waals surface area (Å²) >= 11 is 0. The van der Waals surface area contributed by atoms with Crippen LogP contribution in [-0.4, -0.2) is 58.8 Å². The van der Waals surface area contributed by atoms with Crippen molar-refractivity contribution in [2.24, 2.45) is 7.05 Å². The third-order valence-corrected chi connectivity index (χ3v) is 8.84. The van der Waals surface area contributed by atoms with Crippen LogP contribution in [0.4, 0.5) is 4.79 Å². The molecule has 0 bridgehead atoms. The highest BCUT2D eigenvalue weighted by Crippen LogP contribution is 2.40. The van der Waals surface area contributed by atoms with Gasteiger partial charge in [-0.15, -0.1) is 0 Å². The predicted octanol–water partition coefficient (Wildman–Crippen LogP) is 5.24. The van der Waals surface area contributed by atoms with Crippen molar-refractivity contribution in [2.45, 2.75) is 5.03 Å². The van der Waals surface area contributed by atoms with Crippen molar-refractivity contribution in [1.82, 2.24) is 19.4 Å². The van der Waals surface area contributed by atoms with E-state index in [2.05, 4.69) is 9.97 Å². The normalized spacial score (nSPS) is 12.3. The Balaban J connectivity index is 1.30. The molecule has 204 valence electrons. The summed E-state index contributed by atoms with van der Waals surface area (Å²) < 4.78 is 23.9. The van der Waals surface area contributed by atoms with E-state index >= 15 is 0 Å². The number of aromatic nitrogens is 3. The molecule has 10 nitrogen and oxygen atoms in total.